The van der Waals surface area contributed by atoms with Crippen molar-refractivity contribution in [3.8, 4) is 0 Å². The highest BCUT2D eigenvalue weighted by Gasteiger charge is 2.32. The van der Waals surface area contributed by atoms with E-state index in [1.165, 1.54) is 32.1 Å². The minimum atomic E-state index is -0.814. The molecule has 0 heterocycles. The third kappa shape index (κ3) is 12.8. The van der Waals surface area contributed by atoms with Crippen LogP contribution in [0.5, 0.6) is 0 Å². The molecule has 4 nitrogen and oxygen atoms in total. The van der Waals surface area contributed by atoms with Gasteiger partial charge in [-0.25, -0.2) is 4.79 Å². The molecule has 0 fully saturated rings. The number of halogens is 1. The number of alkyl halides is 1. The summed E-state index contributed by atoms with van der Waals surface area (Å²) in [5.41, 5.74) is 4.81. The first-order valence-corrected chi connectivity index (χ1v) is 8.82. The van der Waals surface area contributed by atoms with E-state index < -0.39 is 10.4 Å². The second-order valence-corrected chi connectivity index (χ2v) is 7.25. The highest BCUT2D eigenvalue weighted by Crippen LogP contribution is 2.26. The maximum absolute atomic E-state index is 11.3. The third-order valence-corrected chi connectivity index (χ3v) is 4.88. The molecule has 0 saturated heterocycles. The number of rotatable bonds is 8. The molecule has 126 valence electrons. The number of nitrogens with two attached hydrogens (primary N) is 1. The second kappa shape index (κ2) is 13.1. The molecule has 0 bridgehead atoms. The van der Waals surface area contributed by atoms with E-state index >= 15 is 0 Å². The largest absolute Gasteiger partial charge is 0.351 e. The fraction of sp³-hybridized carbons (Fsp3) is 0.875. The predicted octanol–water partition coefficient (Wildman–Crippen LogP) is 4.75. The lowest BCUT2D eigenvalue weighted by Crippen LogP contribution is -2.46. The van der Waals surface area contributed by atoms with Gasteiger partial charge in [-0.3, -0.25) is 10.1 Å². The molecule has 0 rings (SSSR count). The van der Waals surface area contributed by atoms with Crippen molar-refractivity contribution in [1.82, 2.24) is 5.32 Å². The van der Waals surface area contributed by atoms with Crippen molar-refractivity contribution in [2.24, 2.45) is 11.7 Å². The van der Waals surface area contributed by atoms with Gasteiger partial charge in [0.15, 0.2) is 0 Å². The van der Waals surface area contributed by atoms with Crippen molar-refractivity contribution in [3.63, 3.8) is 0 Å². The van der Waals surface area contributed by atoms with E-state index in [0.29, 0.717) is 12.8 Å². The summed E-state index contributed by atoms with van der Waals surface area (Å²) in [6.07, 6.45) is 8.30. The van der Waals surface area contributed by atoms with Gasteiger partial charge in [0.2, 0.25) is 5.91 Å². The molecule has 0 aliphatic heterocycles. The Morgan fingerprint density at radius 3 is 1.95 bits per heavy atom. The summed E-state index contributed by atoms with van der Waals surface area (Å²) >= 11 is 3.26. The van der Waals surface area contributed by atoms with E-state index in [2.05, 4.69) is 36.7 Å². The first-order chi connectivity index (χ1) is 9.73. The van der Waals surface area contributed by atoms with Crippen LogP contribution in [0.1, 0.15) is 79.6 Å². The molecular weight excluding hydrogens is 332 g/mol. The first kappa shape index (κ1) is 22.7. The Labute approximate surface area is 138 Å². The van der Waals surface area contributed by atoms with Crippen LogP contribution in [0, 0.1) is 5.92 Å². The van der Waals surface area contributed by atoms with Crippen LogP contribution in [0.4, 0.5) is 4.79 Å². The summed E-state index contributed by atoms with van der Waals surface area (Å²) in [6, 6.07) is -0.814. The molecule has 21 heavy (non-hydrogen) atoms. The van der Waals surface area contributed by atoms with Crippen LogP contribution < -0.4 is 11.1 Å². The molecule has 0 aliphatic rings. The number of imide groups is 1. The fourth-order valence-electron chi connectivity index (χ4n) is 1.77. The highest BCUT2D eigenvalue weighted by atomic mass is 79.9. The molecule has 0 spiro atoms. The van der Waals surface area contributed by atoms with Crippen LogP contribution in [0.25, 0.3) is 0 Å². The Morgan fingerprint density at radius 1 is 1.10 bits per heavy atom. The number of urea groups is 1. The molecule has 0 unspecified atom stereocenters. The molecule has 0 radical (unpaired) electrons. The number of hydrogen-bond acceptors (Lipinski definition) is 2. The molecule has 0 aromatic carbocycles. The van der Waals surface area contributed by atoms with Gasteiger partial charge in [-0.05, 0) is 18.8 Å². The zero-order valence-electron chi connectivity index (χ0n) is 14.3. The lowest BCUT2D eigenvalue weighted by Gasteiger charge is -2.21. The molecular formula is C16H33BrN2O2. The van der Waals surface area contributed by atoms with Gasteiger partial charge < -0.3 is 5.73 Å². The fourth-order valence-corrected chi connectivity index (χ4v) is 1.87. The van der Waals surface area contributed by atoms with Crippen LogP contribution in [0.15, 0.2) is 0 Å². The lowest BCUT2D eigenvalue weighted by molar-refractivity contribution is -0.122. The Hall–Kier alpha value is -0.580. The van der Waals surface area contributed by atoms with Crippen LogP contribution in [0.2, 0.25) is 0 Å². The van der Waals surface area contributed by atoms with Gasteiger partial charge >= 0.3 is 6.03 Å². The first-order valence-electron chi connectivity index (χ1n) is 8.03. The third-order valence-electron chi connectivity index (χ3n) is 3.40. The Balaban J connectivity index is 0. The Bertz CT molecular complexity index is 290. The summed E-state index contributed by atoms with van der Waals surface area (Å²) in [5.74, 6) is 0.529. The van der Waals surface area contributed by atoms with Gasteiger partial charge in [-0.15, -0.1) is 0 Å². The standard InChI is InChI=1S/C9H20.C7H13BrN2O2/c1-4-5-6-7-8-9(2)3;1-3-7(8,4-2)5(11)10-6(9)12/h9H,4-8H2,1-3H3;3-4H2,1-2H3,(H3,9,10,11,12). The number of amides is 3. The summed E-state index contributed by atoms with van der Waals surface area (Å²) in [4.78, 5) is 21.6. The average Bonchev–Trinajstić information content (AvgIpc) is 2.42. The minimum Gasteiger partial charge on any atom is -0.351 e. The summed E-state index contributed by atoms with van der Waals surface area (Å²) in [5, 5.41) is 2.04. The molecule has 0 atom stereocenters. The van der Waals surface area contributed by atoms with E-state index in [0.717, 1.165) is 5.92 Å². The molecule has 3 amide bonds. The number of carbonyl (C=O) groups excluding carboxylic acids is 2. The lowest BCUT2D eigenvalue weighted by atomic mass is 10.0. The highest BCUT2D eigenvalue weighted by molar-refractivity contribution is 9.10. The SMILES string of the molecule is CCC(Br)(CC)C(=O)NC(N)=O.CCCCCCC(C)C. The maximum Gasteiger partial charge on any atom is 0.318 e. The normalized spacial score (nSPS) is 10.8. The van der Waals surface area contributed by atoms with Gasteiger partial charge in [0.05, 0.1) is 0 Å². The zero-order chi connectivity index (χ0) is 16.9. The van der Waals surface area contributed by atoms with Crippen molar-refractivity contribution in [2.75, 3.05) is 0 Å². The van der Waals surface area contributed by atoms with Gasteiger partial charge in [-0.1, -0.05) is 82.7 Å². The number of unbranched alkanes of at least 4 members (excludes halogenated alkanes) is 3. The molecule has 0 saturated carbocycles. The van der Waals surface area contributed by atoms with Gasteiger partial charge in [-0.2, -0.15) is 0 Å². The molecule has 0 aliphatic carbocycles. The molecule has 0 aromatic heterocycles. The predicted molar refractivity (Wildman–Crippen MR) is 93.6 cm³/mol. The monoisotopic (exact) mass is 364 g/mol. The van der Waals surface area contributed by atoms with Crippen LogP contribution in [0.3, 0.4) is 0 Å². The number of primary amides is 1. The van der Waals surface area contributed by atoms with Crippen molar-refractivity contribution in [1.29, 1.82) is 0 Å². The van der Waals surface area contributed by atoms with Crippen molar-refractivity contribution < 1.29 is 9.59 Å². The van der Waals surface area contributed by atoms with Crippen LogP contribution in [-0.4, -0.2) is 16.3 Å². The number of carbonyl (C=O) groups is 2. The van der Waals surface area contributed by atoms with Crippen LogP contribution in [-0.2, 0) is 4.79 Å². The van der Waals surface area contributed by atoms with Crippen molar-refractivity contribution >= 4 is 27.9 Å². The van der Waals surface area contributed by atoms with E-state index in [1.54, 1.807) is 0 Å². The van der Waals surface area contributed by atoms with Crippen molar-refractivity contribution in [2.45, 2.75) is 83.9 Å². The zero-order valence-corrected chi connectivity index (χ0v) is 15.9. The molecule has 0 aromatic rings. The summed E-state index contributed by atoms with van der Waals surface area (Å²) < 4.78 is -0.665. The van der Waals surface area contributed by atoms with Crippen LogP contribution >= 0.6 is 15.9 Å². The Kier molecular flexibility index (Phi) is 14.2. The van der Waals surface area contributed by atoms with E-state index in [9.17, 15) is 9.59 Å². The molecule has 3 N–H and O–H groups in total. The summed E-state index contributed by atoms with van der Waals surface area (Å²) in [6.45, 7) is 10.6. The van der Waals surface area contributed by atoms with Gasteiger partial charge in [0.25, 0.3) is 0 Å². The second-order valence-electron chi connectivity index (χ2n) is 5.73. The van der Waals surface area contributed by atoms with Crippen molar-refractivity contribution in [3.05, 3.63) is 0 Å². The smallest absolute Gasteiger partial charge is 0.318 e. The minimum absolute atomic E-state index is 0.375. The summed E-state index contributed by atoms with van der Waals surface area (Å²) in [7, 11) is 0. The van der Waals surface area contributed by atoms with Gasteiger partial charge in [0, 0.05) is 0 Å². The number of hydrogen-bond donors (Lipinski definition) is 2. The maximum atomic E-state index is 11.3. The average molecular weight is 365 g/mol. The van der Waals surface area contributed by atoms with E-state index in [1.807, 2.05) is 19.2 Å². The quantitative estimate of drug-likeness (QED) is 0.481. The van der Waals surface area contributed by atoms with E-state index in [4.69, 9.17) is 5.73 Å². The molecule has 5 heteroatoms. The van der Waals surface area contributed by atoms with E-state index in [-0.39, 0.29) is 5.91 Å². The Morgan fingerprint density at radius 2 is 1.62 bits per heavy atom. The van der Waals surface area contributed by atoms with Gasteiger partial charge in [0.1, 0.15) is 4.32 Å². The topological polar surface area (TPSA) is 72.2 Å². The number of nitrogens with one attached hydrogen (secondary N) is 1.